The van der Waals surface area contributed by atoms with Crippen molar-refractivity contribution >= 4 is 10.9 Å². The van der Waals surface area contributed by atoms with Gasteiger partial charge in [-0.1, -0.05) is 6.07 Å². The maximum atomic E-state index is 5.55. The zero-order valence-corrected chi connectivity index (χ0v) is 12.0. The second-order valence-electron chi connectivity index (χ2n) is 5.02. The number of nitrogens with two attached hydrogens (primary N) is 1. The van der Waals surface area contributed by atoms with Crippen molar-refractivity contribution in [2.45, 2.75) is 33.1 Å². The molecule has 2 aromatic rings. The first-order valence-corrected chi connectivity index (χ1v) is 6.80. The van der Waals surface area contributed by atoms with Crippen LogP contribution in [-0.2, 0) is 6.42 Å². The summed E-state index contributed by atoms with van der Waals surface area (Å²) in [6, 6.07) is 6.42. The van der Waals surface area contributed by atoms with Gasteiger partial charge in [0, 0.05) is 17.1 Å². The van der Waals surface area contributed by atoms with Gasteiger partial charge in [-0.2, -0.15) is 0 Å². The van der Waals surface area contributed by atoms with Crippen LogP contribution >= 0.6 is 0 Å². The number of unbranched alkanes of at least 4 members (excludes halogenated alkanes) is 1. The predicted molar refractivity (Wildman–Crippen MR) is 79.8 cm³/mol. The molecule has 0 saturated heterocycles. The molecule has 3 heteroatoms. The molecule has 0 atom stereocenters. The van der Waals surface area contributed by atoms with Crippen LogP contribution in [0, 0.1) is 13.8 Å². The van der Waals surface area contributed by atoms with E-state index >= 15 is 0 Å². The van der Waals surface area contributed by atoms with E-state index in [-0.39, 0.29) is 0 Å². The Morgan fingerprint density at radius 3 is 2.63 bits per heavy atom. The lowest BCUT2D eigenvalue weighted by molar-refractivity contribution is 0.419. The standard InChI is InChI=1S/C16H22N2O/c1-11-8-13(6-4-5-7-17)10-14-15(19-3)9-12(2)18-16(11)14/h8-10H,4-7,17H2,1-3H3. The summed E-state index contributed by atoms with van der Waals surface area (Å²) in [7, 11) is 1.71. The smallest absolute Gasteiger partial charge is 0.130 e. The summed E-state index contributed by atoms with van der Waals surface area (Å²) < 4.78 is 5.48. The lowest BCUT2D eigenvalue weighted by Gasteiger charge is -2.11. The number of fused-ring (bicyclic) bond motifs is 1. The monoisotopic (exact) mass is 258 g/mol. The molecule has 0 unspecified atom stereocenters. The fraction of sp³-hybridized carbons (Fsp3) is 0.438. The number of hydrogen-bond donors (Lipinski definition) is 1. The Morgan fingerprint density at radius 2 is 1.95 bits per heavy atom. The lowest BCUT2D eigenvalue weighted by atomic mass is 10.0. The van der Waals surface area contributed by atoms with E-state index in [1.807, 2.05) is 13.0 Å². The largest absolute Gasteiger partial charge is 0.496 e. The van der Waals surface area contributed by atoms with E-state index < -0.39 is 0 Å². The SMILES string of the molecule is COc1cc(C)nc2c(C)cc(CCCCN)cc12. The van der Waals surface area contributed by atoms with Crippen molar-refractivity contribution in [2.75, 3.05) is 13.7 Å². The Morgan fingerprint density at radius 1 is 1.16 bits per heavy atom. The number of methoxy groups -OCH3 is 1. The highest BCUT2D eigenvalue weighted by atomic mass is 16.5. The maximum Gasteiger partial charge on any atom is 0.130 e. The first-order valence-electron chi connectivity index (χ1n) is 6.80. The summed E-state index contributed by atoms with van der Waals surface area (Å²) in [6.45, 7) is 4.87. The summed E-state index contributed by atoms with van der Waals surface area (Å²) in [4.78, 5) is 4.62. The third-order valence-corrected chi connectivity index (χ3v) is 3.39. The van der Waals surface area contributed by atoms with Crippen LogP contribution in [0.5, 0.6) is 5.75 Å². The number of aromatic nitrogens is 1. The van der Waals surface area contributed by atoms with Crippen molar-refractivity contribution in [1.82, 2.24) is 4.98 Å². The third kappa shape index (κ3) is 3.04. The zero-order valence-electron chi connectivity index (χ0n) is 12.0. The summed E-state index contributed by atoms with van der Waals surface area (Å²) in [5.74, 6) is 0.909. The van der Waals surface area contributed by atoms with E-state index in [0.717, 1.165) is 48.2 Å². The normalized spacial score (nSPS) is 10.9. The molecule has 1 aromatic carbocycles. The van der Waals surface area contributed by atoms with E-state index in [2.05, 4.69) is 24.0 Å². The number of aryl methyl sites for hydroxylation is 3. The van der Waals surface area contributed by atoms with Crippen LogP contribution in [0.15, 0.2) is 18.2 Å². The van der Waals surface area contributed by atoms with E-state index in [1.54, 1.807) is 7.11 Å². The molecule has 3 nitrogen and oxygen atoms in total. The van der Waals surface area contributed by atoms with Crippen LogP contribution in [0.4, 0.5) is 0 Å². The molecular weight excluding hydrogens is 236 g/mol. The van der Waals surface area contributed by atoms with Crippen molar-refractivity contribution in [3.05, 3.63) is 35.0 Å². The van der Waals surface area contributed by atoms with Gasteiger partial charge in [-0.15, -0.1) is 0 Å². The van der Waals surface area contributed by atoms with Crippen molar-refractivity contribution in [3.8, 4) is 5.75 Å². The molecule has 0 fully saturated rings. The quantitative estimate of drug-likeness (QED) is 0.838. The molecule has 19 heavy (non-hydrogen) atoms. The number of pyridine rings is 1. The van der Waals surface area contributed by atoms with Crippen LogP contribution in [0.3, 0.4) is 0 Å². The number of ether oxygens (including phenoxy) is 1. The van der Waals surface area contributed by atoms with Gasteiger partial charge in [0.15, 0.2) is 0 Å². The number of rotatable bonds is 5. The highest BCUT2D eigenvalue weighted by Gasteiger charge is 2.08. The van der Waals surface area contributed by atoms with Gasteiger partial charge in [-0.3, -0.25) is 4.98 Å². The lowest BCUT2D eigenvalue weighted by Crippen LogP contribution is -1.99. The Bertz CT molecular complexity index is 578. The Kier molecular flexibility index (Phi) is 4.38. The highest BCUT2D eigenvalue weighted by Crippen LogP contribution is 2.29. The van der Waals surface area contributed by atoms with E-state index in [0.29, 0.717) is 0 Å². The highest BCUT2D eigenvalue weighted by molar-refractivity contribution is 5.88. The number of benzene rings is 1. The first-order chi connectivity index (χ1) is 9.15. The van der Waals surface area contributed by atoms with Gasteiger partial charge in [0.25, 0.3) is 0 Å². The van der Waals surface area contributed by atoms with Gasteiger partial charge >= 0.3 is 0 Å². The Hall–Kier alpha value is -1.61. The van der Waals surface area contributed by atoms with E-state index in [9.17, 15) is 0 Å². The summed E-state index contributed by atoms with van der Waals surface area (Å²) in [5.41, 5.74) is 10.1. The summed E-state index contributed by atoms with van der Waals surface area (Å²) >= 11 is 0. The average Bonchev–Trinajstić information content (AvgIpc) is 2.39. The second-order valence-corrected chi connectivity index (χ2v) is 5.02. The van der Waals surface area contributed by atoms with Crippen LogP contribution in [0.25, 0.3) is 10.9 Å². The van der Waals surface area contributed by atoms with Crippen LogP contribution in [0.2, 0.25) is 0 Å². The van der Waals surface area contributed by atoms with Crippen molar-refractivity contribution in [3.63, 3.8) is 0 Å². The molecule has 1 aromatic heterocycles. The molecular formula is C16H22N2O. The molecule has 0 saturated carbocycles. The first kappa shape index (κ1) is 13.8. The van der Waals surface area contributed by atoms with Crippen molar-refractivity contribution in [2.24, 2.45) is 5.73 Å². The molecule has 0 aliphatic heterocycles. The van der Waals surface area contributed by atoms with Gasteiger partial charge in [0.2, 0.25) is 0 Å². The molecule has 0 spiro atoms. The Labute approximate surface area is 114 Å². The zero-order chi connectivity index (χ0) is 13.8. The van der Waals surface area contributed by atoms with Gasteiger partial charge in [0.05, 0.1) is 12.6 Å². The van der Waals surface area contributed by atoms with Crippen LogP contribution < -0.4 is 10.5 Å². The minimum atomic E-state index is 0.761. The van der Waals surface area contributed by atoms with Crippen LogP contribution in [-0.4, -0.2) is 18.6 Å². The Balaban J connectivity index is 2.45. The molecule has 0 aliphatic carbocycles. The maximum absolute atomic E-state index is 5.55. The fourth-order valence-corrected chi connectivity index (χ4v) is 2.45. The second kappa shape index (κ2) is 6.02. The number of hydrogen-bond acceptors (Lipinski definition) is 3. The summed E-state index contributed by atoms with van der Waals surface area (Å²) in [6.07, 6.45) is 3.26. The average molecular weight is 258 g/mol. The molecule has 102 valence electrons. The summed E-state index contributed by atoms with van der Waals surface area (Å²) in [5, 5.41) is 1.11. The minimum Gasteiger partial charge on any atom is -0.496 e. The van der Waals surface area contributed by atoms with Gasteiger partial charge < -0.3 is 10.5 Å². The van der Waals surface area contributed by atoms with Crippen LogP contribution in [0.1, 0.15) is 29.7 Å². The number of nitrogens with zero attached hydrogens (tertiary/aromatic N) is 1. The molecule has 1 heterocycles. The predicted octanol–water partition coefficient (Wildman–Crippen LogP) is 3.14. The van der Waals surface area contributed by atoms with E-state index in [1.165, 1.54) is 11.1 Å². The third-order valence-electron chi connectivity index (χ3n) is 3.39. The topological polar surface area (TPSA) is 48.1 Å². The van der Waals surface area contributed by atoms with Gasteiger partial charge in [-0.25, -0.2) is 0 Å². The molecule has 2 rings (SSSR count). The van der Waals surface area contributed by atoms with Crippen molar-refractivity contribution < 1.29 is 4.74 Å². The minimum absolute atomic E-state index is 0.761. The molecule has 0 aliphatic rings. The fourth-order valence-electron chi connectivity index (χ4n) is 2.45. The van der Waals surface area contributed by atoms with E-state index in [4.69, 9.17) is 10.5 Å². The van der Waals surface area contributed by atoms with Gasteiger partial charge in [0.1, 0.15) is 5.75 Å². The van der Waals surface area contributed by atoms with Crippen molar-refractivity contribution in [1.29, 1.82) is 0 Å². The molecule has 0 bridgehead atoms. The molecule has 0 amide bonds. The molecule has 2 N–H and O–H groups in total. The van der Waals surface area contributed by atoms with Gasteiger partial charge in [-0.05, 0) is 56.8 Å². The molecule has 0 radical (unpaired) electrons.